The van der Waals surface area contributed by atoms with Crippen LogP contribution in [0.3, 0.4) is 0 Å². The lowest BCUT2D eigenvalue weighted by Crippen LogP contribution is -2.25. The zero-order valence-electron chi connectivity index (χ0n) is 14.6. The van der Waals surface area contributed by atoms with E-state index in [0.717, 1.165) is 37.5 Å². The zero-order valence-corrected chi connectivity index (χ0v) is 14.6. The largest absolute Gasteiger partial charge is 0.497 e. The summed E-state index contributed by atoms with van der Waals surface area (Å²) in [6, 6.07) is 10.9. The molecular formula is C19H25N3O2. The lowest BCUT2D eigenvalue weighted by molar-refractivity contribution is 0.102. The fraction of sp³-hybridized carbons (Fsp3) is 0.368. The Morgan fingerprint density at radius 2 is 1.75 bits per heavy atom. The number of nitrogens with one attached hydrogen (secondary N) is 1. The van der Waals surface area contributed by atoms with Crippen LogP contribution in [0.1, 0.15) is 37.0 Å². The van der Waals surface area contributed by atoms with Gasteiger partial charge in [0, 0.05) is 18.7 Å². The van der Waals surface area contributed by atoms with Crippen molar-refractivity contribution in [3.05, 3.63) is 48.2 Å². The van der Waals surface area contributed by atoms with Crippen LogP contribution in [-0.2, 0) is 0 Å². The maximum Gasteiger partial charge on any atom is 0.255 e. The minimum Gasteiger partial charge on any atom is -0.497 e. The first-order chi connectivity index (χ1) is 11.7. The van der Waals surface area contributed by atoms with Crippen molar-refractivity contribution in [1.82, 2.24) is 4.98 Å². The Morgan fingerprint density at radius 1 is 1.08 bits per heavy atom. The quantitative estimate of drug-likeness (QED) is 0.797. The molecule has 0 radical (unpaired) electrons. The Hall–Kier alpha value is -2.56. The number of pyridine rings is 1. The molecule has 1 aromatic heterocycles. The van der Waals surface area contributed by atoms with E-state index in [1.165, 1.54) is 0 Å². The monoisotopic (exact) mass is 327 g/mol. The van der Waals surface area contributed by atoms with Crippen LogP contribution in [0.4, 0.5) is 11.5 Å². The minimum absolute atomic E-state index is 0.161. The Kier molecular flexibility index (Phi) is 6.61. The van der Waals surface area contributed by atoms with Gasteiger partial charge in [-0.15, -0.1) is 0 Å². The number of amides is 1. The highest BCUT2D eigenvalue weighted by molar-refractivity contribution is 6.04. The number of aromatic nitrogens is 1. The van der Waals surface area contributed by atoms with E-state index in [-0.39, 0.29) is 5.91 Å². The summed E-state index contributed by atoms with van der Waals surface area (Å²) >= 11 is 0. The summed E-state index contributed by atoms with van der Waals surface area (Å²) in [5, 5.41) is 2.87. The summed E-state index contributed by atoms with van der Waals surface area (Å²) in [4.78, 5) is 19.0. The van der Waals surface area contributed by atoms with Crippen LogP contribution >= 0.6 is 0 Å². The number of carbonyl (C=O) groups is 1. The second-order valence-electron chi connectivity index (χ2n) is 5.57. The maximum atomic E-state index is 12.2. The standard InChI is InChI=1S/C19H25N3O2/c1-4-12-22(13-5-2)18-11-8-16(14-20-18)21-19(23)15-6-9-17(24-3)10-7-15/h6-11,14H,4-5,12-13H2,1-3H3,(H,21,23). The number of carbonyl (C=O) groups excluding carboxylic acids is 1. The molecule has 5 nitrogen and oxygen atoms in total. The van der Waals surface area contributed by atoms with Crippen molar-refractivity contribution in [2.75, 3.05) is 30.4 Å². The third-order valence-corrected chi connectivity index (χ3v) is 3.67. The maximum absolute atomic E-state index is 12.2. The molecule has 0 aliphatic carbocycles. The van der Waals surface area contributed by atoms with Gasteiger partial charge >= 0.3 is 0 Å². The molecule has 128 valence electrons. The first kappa shape index (κ1) is 17.8. The molecule has 1 amide bonds. The van der Waals surface area contributed by atoms with Gasteiger partial charge in [-0.25, -0.2) is 4.98 Å². The molecule has 2 rings (SSSR count). The molecule has 0 saturated carbocycles. The number of nitrogens with zero attached hydrogens (tertiary/aromatic N) is 2. The molecule has 5 heteroatoms. The van der Waals surface area contributed by atoms with Crippen molar-refractivity contribution in [2.24, 2.45) is 0 Å². The first-order valence-electron chi connectivity index (χ1n) is 8.34. The number of benzene rings is 1. The van der Waals surface area contributed by atoms with E-state index in [2.05, 4.69) is 29.0 Å². The topological polar surface area (TPSA) is 54.5 Å². The summed E-state index contributed by atoms with van der Waals surface area (Å²) in [7, 11) is 1.60. The SMILES string of the molecule is CCCN(CCC)c1ccc(NC(=O)c2ccc(OC)cc2)cn1. The normalized spacial score (nSPS) is 10.3. The minimum atomic E-state index is -0.161. The first-order valence-corrected chi connectivity index (χ1v) is 8.34. The highest BCUT2D eigenvalue weighted by Gasteiger charge is 2.09. The fourth-order valence-electron chi connectivity index (χ4n) is 2.47. The molecule has 0 atom stereocenters. The van der Waals surface area contributed by atoms with Gasteiger partial charge in [-0.3, -0.25) is 4.79 Å². The van der Waals surface area contributed by atoms with Gasteiger partial charge < -0.3 is 15.0 Å². The number of rotatable bonds is 8. The Balaban J connectivity index is 2.03. The van der Waals surface area contributed by atoms with Gasteiger partial charge in [-0.1, -0.05) is 13.8 Å². The molecule has 0 bridgehead atoms. The summed E-state index contributed by atoms with van der Waals surface area (Å²) in [6.07, 6.45) is 3.87. The van der Waals surface area contributed by atoms with E-state index >= 15 is 0 Å². The fourth-order valence-corrected chi connectivity index (χ4v) is 2.47. The van der Waals surface area contributed by atoms with Crippen LogP contribution in [-0.4, -0.2) is 31.1 Å². The van der Waals surface area contributed by atoms with Gasteiger partial charge in [0.15, 0.2) is 0 Å². The van der Waals surface area contributed by atoms with Gasteiger partial charge in [-0.2, -0.15) is 0 Å². The van der Waals surface area contributed by atoms with Crippen LogP contribution < -0.4 is 15.0 Å². The highest BCUT2D eigenvalue weighted by Crippen LogP contribution is 2.17. The summed E-state index contributed by atoms with van der Waals surface area (Å²) in [5.41, 5.74) is 1.27. The predicted octanol–water partition coefficient (Wildman–Crippen LogP) is 3.97. The van der Waals surface area contributed by atoms with Gasteiger partial charge in [0.25, 0.3) is 5.91 Å². The molecule has 0 saturated heterocycles. The van der Waals surface area contributed by atoms with Crippen molar-refractivity contribution in [3.63, 3.8) is 0 Å². The number of hydrogen-bond donors (Lipinski definition) is 1. The number of ether oxygens (including phenoxy) is 1. The Morgan fingerprint density at radius 3 is 2.25 bits per heavy atom. The van der Waals surface area contributed by atoms with Gasteiger partial charge in [-0.05, 0) is 49.2 Å². The van der Waals surface area contributed by atoms with E-state index < -0.39 is 0 Å². The van der Waals surface area contributed by atoms with Gasteiger partial charge in [0.2, 0.25) is 0 Å². The predicted molar refractivity (Wildman–Crippen MR) is 98.0 cm³/mol. The molecule has 1 aromatic carbocycles. The third kappa shape index (κ3) is 4.72. The second kappa shape index (κ2) is 8.91. The molecular weight excluding hydrogens is 302 g/mol. The van der Waals surface area contributed by atoms with Crippen molar-refractivity contribution in [1.29, 1.82) is 0 Å². The molecule has 1 N–H and O–H groups in total. The van der Waals surface area contributed by atoms with Crippen molar-refractivity contribution < 1.29 is 9.53 Å². The molecule has 1 heterocycles. The molecule has 0 spiro atoms. The van der Waals surface area contributed by atoms with E-state index in [1.807, 2.05) is 12.1 Å². The van der Waals surface area contributed by atoms with Crippen molar-refractivity contribution in [2.45, 2.75) is 26.7 Å². The molecule has 0 unspecified atom stereocenters. The second-order valence-corrected chi connectivity index (χ2v) is 5.57. The molecule has 0 fully saturated rings. The van der Waals surface area contributed by atoms with E-state index in [1.54, 1.807) is 37.6 Å². The van der Waals surface area contributed by atoms with Gasteiger partial charge in [0.05, 0.1) is 19.0 Å². The average molecular weight is 327 g/mol. The summed E-state index contributed by atoms with van der Waals surface area (Å²) in [5.74, 6) is 1.51. The Bertz CT molecular complexity index is 633. The lowest BCUT2D eigenvalue weighted by atomic mass is 10.2. The average Bonchev–Trinajstić information content (AvgIpc) is 2.62. The Labute approximate surface area is 143 Å². The zero-order chi connectivity index (χ0) is 17.4. The van der Waals surface area contributed by atoms with Crippen molar-refractivity contribution >= 4 is 17.4 Å². The molecule has 24 heavy (non-hydrogen) atoms. The number of methoxy groups -OCH3 is 1. The van der Waals surface area contributed by atoms with Crippen LogP contribution in [0.5, 0.6) is 5.75 Å². The third-order valence-electron chi connectivity index (χ3n) is 3.67. The van der Waals surface area contributed by atoms with Crippen LogP contribution in [0.2, 0.25) is 0 Å². The van der Waals surface area contributed by atoms with Crippen molar-refractivity contribution in [3.8, 4) is 5.75 Å². The number of hydrogen-bond acceptors (Lipinski definition) is 4. The lowest BCUT2D eigenvalue weighted by Gasteiger charge is -2.22. The van der Waals surface area contributed by atoms with E-state index in [9.17, 15) is 4.79 Å². The van der Waals surface area contributed by atoms with Gasteiger partial charge in [0.1, 0.15) is 11.6 Å². The molecule has 2 aromatic rings. The summed E-state index contributed by atoms with van der Waals surface area (Å²) < 4.78 is 5.10. The smallest absolute Gasteiger partial charge is 0.255 e. The van der Waals surface area contributed by atoms with E-state index in [0.29, 0.717) is 11.3 Å². The van der Waals surface area contributed by atoms with E-state index in [4.69, 9.17) is 4.74 Å². The highest BCUT2D eigenvalue weighted by atomic mass is 16.5. The van der Waals surface area contributed by atoms with Crippen LogP contribution in [0.25, 0.3) is 0 Å². The molecule has 0 aliphatic heterocycles. The summed E-state index contributed by atoms with van der Waals surface area (Å²) in [6.45, 7) is 6.29. The van der Waals surface area contributed by atoms with Crippen LogP contribution in [0.15, 0.2) is 42.6 Å². The number of anilines is 2. The molecule has 0 aliphatic rings. The van der Waals surface area contributed by atoms with Crippen LogP contribution in [0, 0.1) is 0 Å².